The Morgan fingerprint density at radius 2 is 1.80 bits per heavy atom. The van der Waals surface area contributed by atoms with Crippen molar-refractivity contribution in [1.82, 2.24) is 5.32 Å². The van der Waals surface area contributed by atoms with E-state index in [4.69, 9.17) is 5.73 Å². The Balaban J connectivity index is 0.00000225. The summed E-state index contributed by atoms with van der Waals surface area (Å²) in [4.78, 5) is 12.6. The number of carbonyl (C=O) groups is 1. The Bertz CT molecular complexity index is 546. The number of hydrogen-bond acceptors (Lipinski definition) is 2. The summed E-state index contributed by atoms with van der Waals surface area (Å²) in [5, 5.41) is 3.37. The fraction of sp³-hybridized carbons (Fsp3) is 0.667. The molecule has 0 heterocycles. The Labute approximate surface area is 158 Å². The molecule has 1 aromatic rings. The minimum atomic E-state index is 0. The first kappa shape index (κ1) is 20.3. The van der Waals surface area contributed by atoms with Gasteiger partial charge in [0.25, 0.3) is 0 Å². The number of carbonyl (C=O) groups excluding carboxylic acids is 1. The van der Waals surface area contributed by atoms with Crippen LogP contribution in [-0.2, 0) is 11.2 Å². The average molecular weight is 365 g/mol. The quantitative estimate of drug-likeness (QED) is 0.823. The lowest BCUT2D eigenvalue weighted by atomic mass is 9.67. The van der Waals surface area contributed by atoms with Crippen LogP contribution in [0.2, 0.25) is 0 Å². The third-order valence-corrected chi connectivity index (χ3v) is 6.15. The van der Waals surface area contributed by atoms with Crippen LogP contribution in [0.3, 0.4) is 0 Å². The minimum Gasteiger partial charge on any atom is -0.353 e. The highest BCUT2D eigenvalue weighted by atomic mass is 35.5. The number of halogens is 1. The van der Waals surface area contributed by atoms with Crippen LogP contribution in [-0.4, -0.2) is 18.0 Å². The van der Waals surface area contributed by atoms with Crippen molar-refractivity contribution in [2.75, 3.05) is 0 Å². The maximum atomic E-state index is 12.6. The van der Waals surface area contributed by atoms with E-state index >= 15 is 0 Å². The fourth-order valence-electron chi connectivity index (χ4n) is 4.75. The molecule has 140 valence electrons. The molecule has 1 amide bonds. The molecule has 3 rings (SSSR count). The maximum absolute atomic E-state index is 12.6. The third-order valence-electron chi connectivity index (χ3n) is 6.15. The van der Waals surface area contributed by atoms with Crippen molar-refractivity contribution < 1.29 is 4.79 Å². The second-order valence-electron chi connectivity index (χ2n) is 7.98. The number of amides is 1. The fourth-order valence-corrected chi connectivity index (χ4v) is 4.75. The largest absolute Gasteiger partial charge is 0.353 e. The van der Waals surface area contributed by atoms with E-state index in [1.54, 1.807) is 0 Å². The highest BCUT2D eigenvalue weighted by Gasteiger charge is 2.39. The Kier molecular flexibility index (Phi) is 7.33. The minimum absolute atomic E-state index is 0. The lowest BCUT2D eigenvalue weighted by Crippen LogP contribution is -2.53. The van der Waals surface area contributed by atoms with E-state index in [0.717, 1.165) is 19.3 Å². The van der Waals surface area contributed by atoms with Gasteiger partial charge in [0.15, 0.2) is 0 Å². The average Bonchev–Trinajstić information content (AvgIpc) is 2.55. The number of aryl methyl sites for hydroxylation is 1. The van der Waals surface area contributed by atoms with Gasteiger partial charge in [-0.1, -0.05) is 44.5 Å². The molecular formula is C21H33ClN2O. The predicted molar refractivity (Wildman–Crippen MR) is 106 cm³/mol. The summed E-state index contributed by atoms with van der Waals surface area (Å²) in [6, 6.07) is 9.40. The van der Waals surface area contributed by atoms with E-state index in [9.17, 15) is 4.79 Å². The first-order valence-corrected chi connectivity index (χ1v) is 9.70. The molecule has 25 heavy (non-hydrogen) atoms. The first-order valence-electron chi connectivity index (χ1n) is 9.70. The summed E-state index contributed by atoms with van der Waals surface area (Å²) >= 11 is 0. The van der Waals surface area contributed by atoms with Gasteiger partial charge in [-0.25, -0.2) is 0 Å². The summed E-state index contributed by atoms with van der Waals surface area (Å²) in [7, 11) is 0. The summed E-state index contributed by atoms with van der Waals surface area (Å²) in [6.07, 6.45) is 7.54. The van der Waals surface area contributed by atoms with Crippen LogP contribution < -0.4 is 11.1 Å². The van der Waals surface area contributed by atoms with Gasteiger partial charge in [0, 0.05) is 18.5 Å². The van der Waals surface area contributed by atoms with Gasteiger partial charge in [0.2, 0.25) is 5.91 Å². The number of hydrogen-bond donors (Lipinski definition) is 2. The lowest BCUT2D eigenvalue weighted by molar-refractivity contribution is -0.123. The molecule has 3 unspecified atom stereocenters. The van der Waals surface area contributed by atoms with Crippen molar-refractivity contribution in [3.8, 4) is 0 Å². The van der Waals surface area contributed by atoms with Crippen molar-refractivity contribution >= 4 is 18.3 Å². The molecular weight excluding hydrogens is 332 g/mol. The van der Waals surface area contributed by atoms with E-state index in [0.29, 0.717) is 30.3 Å². The SMILES string of the molecule is CCc1ccc(C(C)CC(=O)NC2C3CCCC2CC(N)C3)cc1.Cl. The van der Waals surface area contributed by atoms with Gasteiger partial charge in [0.1, 0.15) is 0 Å². The van der Waals surface area contributed by atoms with Gasteiger partial charge >= 0.3 is 0 Å². The monoisotopic (exact) mass is 364 g/mol. The Hall–Kier alpha value is -1.06. The number of nitrogens with one attached hydrogen (secondary N) is 1. The van der Waals surface area contributed by atoms with Crippen molar-refractivity contribution in [1.29, 1.82) is 0 Å². The van der Waals surface area contributed by atoms with Gasteiger partial charge in [-0.3, -0.25) is 4.79 Å². The molecule has 3 nitrogen and oxygen atoms in total. The molecule has 0 aliphatic heterocycles. The van der Waals surface area contributed by atoms with Gasteiger partial charge in [0.05, 0.1) is 0 Å². The molecule has 0 aromatic heterocycles. The maximum Gasteiger partial charge on any atom is 0.220 e. The molecule has 1 aromatic carbocycles. The zero-order chi connectivity index (χ0) is 17.1. The molecule has 3 N–H and O–H groups in total. The zero-order valence-electron chi connectivity index (χ0n) is 15.5. The Morgan fingerprint density at radius 3 is 2.36 bits per heavy atom. The number of rotatable bonds is 5. The van der Waals surface area contributed by atoms with Crippen molar-refractivity contribution in [2.45, 2.75) is 76.8 Å². The Morgan fingerprint density at radius 1 is 1.20 bits per heavy atom. The van der Waals surface area contributed by atoms with Crippen LogP contribution in [0.1, 0.15) is 69.4 Å². The van der Waals surface area contributed by atoms with Crippen LogP contribution in [0.5, 0.6) is 0 Å². The van der Waals surface area contributed by atoms with Gasteiger partial charge in [-0.2, -0.15) is 0 Å². The van der Waals surface area contributed by atoms with Crippen molar-refractivity contribution in [3.63, 3.8) is 0 Å². The summed E-state index contributed by atoms with van der Waals surface area (Å²) < 4.78 is 0. The van der Waals surface area contributed by atoms with E-state index in [-0.39, 0.29) is 24.2 Å². The highest BCUT2D eigenvalue weighted by molar-refractivity contribution is 5.85. The van der Waals surface area contributed by atoms with Gasteiger partial charge in [-0.05, 0) is 61.0 Å². The standard InChI is InChI=1S/C21H32N2O.ClH/c1-3-15-7-9-16(10-8-15)14(2)11-20(24)23-21-17-5-4-6-18(21)13-19(22)12-17;/h7-10,14,17-19,21H,3-6,11-13,22H2,1-2H3,(H,23,24);1H. The van der Waals surface area contributed by atoms with Crippen LogP contribution in [0.25, 0.3) is 0 Å². The molecule has 0 saturated heterocycles. The molecule has 0 spiro atoms. The second-order valence-corrected chi connectivity index (χ2v) is 7.98. The second kappa shape index (κ2) is 9.05. The zero-order valence-corrected chi connectivity index (χ0v) is 16.4. The smallest absolute Gasteiger partial charge is 0.220 e. The van der Waals surface area contributed by atoms with E-state index in [2.05, 4.69) is 43.4 Å². The summed E-state index contributed by atoms with van der Waals surface area (Å²) in [6.45, 7) is 4.32. The highest BCUT2D eigenvalue weighted by Crippen LogP contribution is 2.39. The number of nitrogens with two attached hydrogens (primary N) is 1. The summed E-state index contributed by atoms with van der Waals surface area (Å²) in [5.41, 5.74) is 8.79. The van der Waals surface area contributed by atoms with Gasteiger partial charge < -0.3 is 11.1 Å². The molecule has 2 bridgehead atoms. The lowest BCUT2D eigenvalue weighted by Gasteiger charge is -2.45. The van der Waals surface area contributed by atoms with Crippen molar-refractivity contribution in [2.24, 2.45) is 17.6 Å². The molecule has 4 heteroatoms. The predicted octanol–water partition coefficient (Wildman–Crippen LogP) is 4.19. The van der Waals surface area contributed by atoms with E-state index < -0.39 is 0 Å². The molecule has 2 aliphatic carbocycles. The molecule has 2 fully saturated rings. The van der Waals surface area contributed by atoms with Crippen LogP contribution >= 0.6 is 12.4 Å². The summed E-state index contributed by atoms with van der Waals surface area (Å²) in [5.74, 6) is 1.66. The van der Waals surface area contributed by atoms with Crippen LogP contribution in [0, 0.1) is 11.8 Å². The van der Waals surface area contributed by atoms with Crippen molar-refractivity contribution in [3.05, 3.63) is 35.4 Å². The topological polar surface area (TPSA) is 55.1 Å². The van der Waals surface area contributed by atoms with Crippen LogP contribution in [0.4, 0.5) is 0 Å². The molecule has 2 saturated carbocycles. The third kappa shape index (κ3) is 4.98. The number of fused-ring (bicyclic) bond motifs is 2. The normalized spacial score (nSPS) is 29.4. The molecule has 0 radical (unpaired) electrons. The molecule has 3 atom stereocenters. The first-order chi connectivity index (χ1) is 11.6. The van der Waals surface area contributed by atoms with Gasteiger partial charge in [-0.15, -0.1) is 12.4 Å². The molecule has 2 aliphatic rings. The van der Waals surface area contributed by atoms with E-state index in [1.807, 2.05) is 0 Å². The number of benzene rings is 1. The van der Waals surface area contributed by atoms with Crippen LogP contribution in [0.15, 0.2) is 24.3 Å². The van der Waals surface area contributed by atoms with E-state index in [1.165, 1.54) is 30.4 Å².